The number of benzene rings is 1. The molecule has 2 rings (SSSR count). The number of imidazole rings is 1. The molecule has 4 nitrogen and oxygen atoms in total. The van der Waals surface area contributed by atoms with Crippen molar-refractivity contribution < 1.29 is 4.74 Å². The number of nitrogens with zero attached hydrogens (tertiary/aromatic N) is 1. The number of hydrogen-bond acceptors (Lipinski definition) is 2. The minimum Gasteiger partial charge on any atom is -0.383 e. The summed E-state index contributed by atoms with van der Waals surface area (Å²) in [5, 5.41) is 0.544. The highest BCUT2D eigenvalue weighted by Crippen LogP contribution is 1.97. The first-order valence-electron chi connectivity index (χ1n) is 5.76. The summed E-state index contributed by atoms with van der Waals surface area (Å²) in [6, 6.07) is 9.70. The van der Waals surface area contributed by atoms with Crippen molar-refractivity contribution in [3.8, 4) is 0 Å². The monoisotopic (exact) mass is 244 g/mol. The van der Waals surface area contributed by atoms with Crippen molar-refractivity contribution in [2.45, 2.75) is 6.54 Å². The maximum Gasteiger partial charge on any atom is 0.275 e. The molecule has 0 saturated heterocycles. The highest BCUT2D eigenvalue weighted by atomic mass is 16.5. The van der Waals surface area contributed by atoms with E-state index in [-0.39, 0.29) is 5.56 Å². The Hall–Kier alpha value is -2.07. The molecule has 1 aromatic heterocycles. The van der Waals surface area contributed by atoms with Crippen LogP contribution in [0.4, 0.5) is 0 Å². The van der Waals surface area contributed by atoms with Gasteiger partial charge in [-0.1, -0.05) is 36.9 Å². The number of H-pyrrole nitrogens is 1. The average molecular weight is 244 g/mol. The molecule has 0 aliphatic rings. The lowest BCUT2D eigenvalue weighted by Crippen LogP contribution is -2.32. The van der Waals surface area contributed by atoms with Gasteiger partial charge in [-0.2, -0.15) is 0 Å². The third kappa shape index (κ3) is 2.60. The summed E-state index contributed by atoms with van der Waals surface area (Å²) in [4.78, 5) is 15.1. The van der Waals surface area contributed by atoms with Gasteiger partial charge in [0.15, 0.2) is 0 Å². The maximum atomic E-state index is 12.1. The molecule has 0 aliphatic heterocycles. The van der Waals surface area contributed by atoms with Crippen molar-refractivity contribution >= 4 is 12.7 Å². The molecule has 18 heavy (non-hydrogen) atoms. The van der Waals surface area contributed by atoms with Crippen LogP contribution in [0, 0.1) is 0 Å². The molecular weight excluding hydrogens is 228 g/mol. The fourth-order valence-electron chi connectivity index (χ4n) is 1.78. The first-order chi connectivity index (χ1) is 8.72. The van der Waals surface area contributed by atoms with Crippen LogP contribution >= 0.6 is 0 Å². The number of aromatic amines is 1. The van der Waals surface area contributed by atoms with Crippen LogP contribution in [0.25, 0.3) is 12.7 Å². The first kappa shape index (κ1) is 12.4. The molecular formula is C14H16N2O2. The molecule has 1 heterocycles. The predicted molar refractivity (Wildman–Crippen MR) is 71.7 cm³/mol. The second-order valence-electron chi connectivity index (χ2n) is 3.99. The van der Waals surface area contributed by atoms with Crippen molar-refractivity contribution in [2.24, 2.45) is 0 Å². The maximum absolute atomic E-state index is 12.1. The summed E-state index contributed by atoms with van der Waals surface area (Å²) in [5.41, 5.74) is 1.51. The standard InChI is InChI=1S/C14H16N2O2/c1-11-15-13(10-12-6-4-3-5-7-12)14(17)16(11)8-9-18-2/h3-7,10,15H,1,8-9H2,2H3/b13-10-. The molecule has 0 aliphatic carbocycles. The number of ether oxygens (including phenoxy) is 1. The van der Waals surface area contributed by atoms with Crippen molar-refractivity contribution in [3.63, 3.8) is 0 Å². The second-order valence-corrected chi connectivity index (χ2v) is 3.99. The molecule has 0 amide bonds. The largest absolute Gasteiger partial charge is 0.383 e. The molecule has 0 fully saturated rings. The van der Waals surface area contributed by atoms with E-state index in [9.17, 15) is 4.79 Å². The number of nitrogens with one attached hydrogen (secondary N) is 1. The average Bonchev–Trinajstić information content (AvgIpc) is 2.64. The molecule has 94 valence electrons. The van der Waals surface area contributed by atoms with Gasteiger partial charge in [-0.15, -0.1) is 0 Å². The third-order valence-corrected chi connectivity index (χ3v) is 2.71. The minimum atomic E-state index is -0.0686. The summed E-state index contributed by atoms with van der Waals surface area (Å²) in [6.45, 7) is 4.83. The summed E-state index contributed by atoms with van der Waals surface area (Å²) >= 11 is 0. The molecule has 1 aromatic carbocycles. The molecule has 2 aromatic rings. The van der Waals surface area contributed by atoms with Crippen LogP contribution in [0.15, 0.2) is 35.1 Å². The van der Waals surface area contributed by atoms with Gasteiger partial charge in [-0.25, -0.2) is 0 Å². The van der Waals surface area contributed by atoms with Gasteiger partial charge in [0.05, 0.1) is 13.2 Å². The smallest absolute Gasteiger partial charge is 0.275 e. The van der Waals surface area contributed by atoms with E-state index < -0.39 is 0 Å². The van der Waals surface area contributed by atoms with Gasteiger partial charge < -0.3 is 9.72 Å². The highest BCUT2D eigenvalue weighted by Gasteiger charge is 2.01. The van der Waals surface area contributed by atoms with Crippen molar-refractivity contribution in [1.82, 2.24) is 9.55 Å². The Morgan fingerprint density at radius 3 is 2.78 bits per heavy atom. The van der Waals surface area contributed by atoms with Crippen molar-refractivity contribution in [3.05, 3.63) is 57.1 Å². The minimum absolute atomic E-state index is 0.0686. The van der Waals surface area contributed by atoms with Gasteiger partial charge in [0.1, 0.15) is 10.8 Å². The second kappa shape index (κ2) is 5.51. The Balaban J connectivity index is 2.45. The van der Waals surface area contributed by atoms with Crippen LogP contribution in [0.2, 0.25) is 0 Å². The van der Waals surface area contributed by atoms with E-state index in [1.165, 1.54) is 0 Å². The van der Waals surface area contributed by atoms with Crippen LogP contribution in [-0.2, 0) is 11.3 Å². The molecule has 0 unspecified atom stereocenters. The third-order valence-electron chi connectivity index (χ3n) is 2.71. The van der Waals surface area contributed by atoms with Gasteiger partial charge in [-0.05, 0) is 11.6 Å². The molecule has 0 atom stereocenters. The summed E-state index contributed by atoms with van der Waals surface area (Å²) in [6.07, 6.45) is 1.82. The molecule has 0 saturated carbocycles. The molecule has 1 N–H and O–H groups in total. The molecule has 0 spiro atoms. The van der Waals surface area contributed by atoms with E-state index >= 15 is 0 Å². The van der Waals surface area contributed by atoms with E-state index in [0.29, 0.717) is 24.0 Å². The molecule has 0 bridgehead atoms. The fourth-order valence-corrected chi connectivity index (χ4v) is 1.78. The Morgan fingerprint density at radius 1 is 1.39 bits per heavy atom. The van der Waals surface area contributed by atoms with E-state index in [1.54, 1.807) is 11.7 Å². The molecule has 4 heteroatoms. The van der Waals surface area contributed by atoms with Gasteiger partial charge in [0.25, 0.3) is 5.56 Å². The lowest BCUT2D eigenvalue weighted by atomic mass is 10.2. The topological polar surface area (TPSA) is 47.0 Å². The van der Waals surface area contributed by atoms with Gasteiger partial charge in [0.2, 0.25) is 0 Å². The lowest BCUT2D eigenvalue weighted by molar-refractivity contribution is 0.185. The van der Waals surface area contributed by atoms with E-state index in [4.69, 9.17) is 4.74 Å². The highest BCUT2D eigenvalue weighted by molar-refractivity contribution is 5.47. The Morgan fingerprint density at radius 2 is 2.11 bits per heavy atom. The zero-order valence-electron chi connectivity index (χ0n) is 10.3. The summed E-state index contributed by atoms with van der Waals surface area (Å²) < 4.78 is 6.55. The van der Waals surface area contributed by atoms with Crippen LogP contribution in [0.1, 0.15) is 5.56 Å². The summed E-state index contributed by atoms with van der Waals surface area (Å²) in [7, 11) is 1.61. The van der Waals surface area contributed by atoms with Crippen LogP contribution in [0.3, 0.4) is 0 Å². The Bertz CT molecular complexity index is 668. The van der Waals surface area contributed by atoms with E-state index in [2.05, 4.69) is 11.6 Å². The van der Waals surface area contributed by atoms with Crippen molar-refractivity contribution in [1.29, 1.82) is 0 Å². The fraction of sp³-hybridized carbons (Fsp3) is 0.214. The number of aromatic nitrogens is 2. The van der Waals surface area contributed by atoms with Crippen LogP contribution in [-0.4, -0.2) is 23.3 Å². The first-order valence-corrected chi connectivity index (χ1v) is 5.76. The zero-order chi connectivity index (χ0) is 13.0. The zero-order valence-corrected chi connectivity index (χ0v) is 10.3. The quantitative estimate of drug-likeness (QED) is 0.827. The van der Waals surface area contributed by atoms with Crippen molar-refractivity contribution in [2.75, 3.05) is 13.7 Å². The van der Waals surface area contributed by atoms with Gasteiger partial charge >= 0.3 is 0 Å². The van der Waals surface area contributed by atoms with Gasteiger partial charge in [0, 0.05) is 7.11 Å². The van der Waals surface area contributed by atoms with Crippen LogP contribution in [0.5, 0.6) is 0 Å². The SMILES string of the molecule is C=c1[nH]/c(=C\c2ccccc2)c(=O)n1CCOC. The van der Waals surface area contributed by atoms with E-state index in [1.807, 2.05) is 36.4 Å². The Labute approximate surface area is 105 Å². The lowest BCUT2D eigenvalue weighted by Gasteiger charge is -1.98. The summed E-state index contributed by atoms with van der Waals surface area (Å²) in [5.74, 6) is 0. The normalized spacial score (nSPS) is 11.9. The number of methoxy groups -OCH3 is 1. The van der Waals surface area contributed by atoms with E-state index in [0.717, 1.165) is 5.56 Å². The predicted octanol–water partition coefficient (Wildman–Crippen LogP) is 0.0619. The Kier molecular flexibility index (Phi) is 3.79. The number of rotatable bonds is 4. The van der Waals surface area contributed by atoms with Gasteiger partial charge in [-0.3, -0.25) is 9.36 Å². The number of hydrogen-bond donors (Lipinski definition) is 1. The van der Waals surface area contributed by atoms with Crippen LogP contribution < -0.4 is 16.4 Å². The molecule has 0 radical (unpaired) electrons.